The minimum atomic E-state index is -0.331. The highest BCUT2D eigenvalue weighted by atomic mass is 32.1. The molecule has 200 valence electrons. The third-order valence-corrected chi connectivity index (χ3v) is 7.98. The Balaban J connectivity index is 1.09. The van der Waals surface area contributed by atoms with Gasteiger partial charge in [0.15, 0.2) is 6.73 Å². The van der Waals surface area contributed by atoms with Crippen LogP contribution in [0.2, 0.25) is 0 Å². The summed E-state index contributed by atoms with van der Waals surface area (Å²) >= 11 is 1.80. The summed E-state index contributed by atoms with van der Waals surface area (Å²) in [5.74, 6) is 0.135. The number of carbonyl (C=O) groups excluding carboxylic acids is 1. The van der Waals surface area contributed by atoms with Gasteiger partial charge in [-0.3, -0.25) is 19.1 Å². The quantitative estimate of drug-likeness (QED) is 0.202. The van der Waals surface area contributed by atoms with Crippen molar-refractivity contribution >= 4 is 44.0 Å². The van der Waals surface area contributed by atoms with Crippen LogP contribution < -0.4 is 15.2 Å². The Morgan fingerprint density at radius 2 is 1.82 bits per heavy atom. The number of esters is 1. The molecule has 0 radical (unpaired) electrons. The molecule has 1 fully saturated rings. The maximum atomic E-state index is 12.4. The van der Waals surface area contributed by atoms with Crippen molar-refractivity contribution in [3.05, 3.63) is 70.3 Å². The van der Waals surface area contributed by atoms with Gasteiger partial charge in [0.2, 0.25) is 0 Å². The third-order valence-electron chi connectivity index (χ3n) is 7.09. The second-order valence-corrected chi connectivity index (χ2v) is 11.0. The number of carbonyl (C=O) groups is 1. The predicted octanol–water partition coefficient (Wildman–Crippen LogP) is 5.35. The zero-order chi connectivity index (χ0) is 26.5. The molecule has 38 heavy (non-hydrogen) atoms. The van der Waals surface area contributed by atoms with E-state index in [1.54, 1.807) is 31.3 Å². The number of fused-ring (bicyclic) bond motifs is 2. The highest BCUT2D eigenvalue weighted by Crippen LogP contribution is 2.31. The van der Waals surface area contributed by atoms with Crippen LogP contribution in [-0.2, 0) is 16.3 Å². The highest BCUT2D eigenvalue weighted by molar-refractivity contribution is 7.17. The van der Waals surface area contributed by atoms with Gasteiger partial charge in [-0.25, -0.2) is 0 Å². The summed E-state index contributed by atoms with van der Waals surface area (Å²) in [5, 5.41) is 4.44. The standard InChI is InChI=1S/C30H35N3O4S/c1-22(2)30(35)37-21-33-27-20-24(10-8-23(27)9-11-29(33)34)36-18-4-3-13-31-14-16-32(17-15-31)26-6-5-7-28-25(26)12-19-38-28/h5-12,19-20,22H,3-4,13-18,21H2,1-2H3. The second kappa shape index (κ2) is 12.0. The number of nitrogens with zero attached hydrogens (tertiary/aromatic N) is 3. The molecule has 2 aromatic heterocycles. The summed E-state index contributed by atoms with van der Waals surface area (Å²) in [4.78, 5) is 29.4. The van der Waals surface area contributed by atoms with E-state index in [1.165, 1.54) is 26.4 Å². The van der Waals surface area contributed by atoms with Gasteiger partial charge in [0.25, 0.3) is 5.56 Å². The largest absolute Gasteiger partial charge is 0.494 e. The van der Waals surface area contributed by atoms with E-state index in [0.717, 1.165) is 51.0 Å². The molecule has 1 saturated heterocycles. The van der Waals surface area contributed by atoms with Crippen LogP contribution >= 0.6 is 11.3 Å². The molecule has 0 spiro atoms. The minimum absolute atomic E-state index is 0.105. The maximum absolute atomic E-state index is 12.4. The Bertz CT molecular complexity index is 1450. The van der Waals surface area contributed by atoms with Gasteiger partial charge in [-0.2, -0.15) is 0 Å². The molecule has 7 nitrogen and oxygen atoms in total. The third kappa shape index (κ3) is 6.03. The molecule has 5 rings (SSSR count). The monoisotopic (exact) mass is 533 g/mol. The Labute approximate surface area is 227 Å². The number of thiophene rings is 1. The molecule has 0 N–H and O–H groups in total. The average Bonchev–Trinajstić information content (AvgIpc) is 3.42. The van der Waals surface area contributed by atoms with Gasteiger partial charge in [-0.05, 0) is 66.6 Å². The van der Waals surface area contributed by atoms with Gasteiger partial charge in [-0.1, -0.05) is 19.9 Å². The Hall–Kier alpha value is -3.36. The number of rotatable bonds is 10. The van der Waals surface area contributed by atoms with E-state index in [9.17, 15) is 9.59 Å². The fourth-order valence-corrected chi connectivity index (χ4v) is 5.69. The smallest absolute Gasteiger partial charge is 0.310 e. The van der Waals surface area contributed by atoms with Crippen molar-refractivity contribution in [3.63, 3.8) is 0 Å². The summed E-state index contributed by atoms with van der Waals surface area (Å²) in [6.45, 7) is 9.37. The average molecular weight is 534 g/mol. The molecule has 0 amide bonds. The number of ether oxygens (including phenoxy) is 2. The van der Waals surface area contributed by atoms with Crippen molar-refractivity contribution in [2.45, 2.75) is 33.4 Å². The zero-order valence-electron chi connectivity index (χ0n) is 22.1. The normalized spacial score (nSPS) is 14.4. The predicted molar refractivity (Wildman–Crippen MR) is 154 cm³/mol. The lowest BCUT2D eigenvalue weighted by Gasteiger charge is -2.36. The van der Waals surface area contributed by atoms with Gasteiger partial charge in [-0.15, -0.1) is 11.3 Å². The van der Waals surface area contributed by atoms with Crippen LogP contribution in [0.25, 0.3) is 21.0 Å². The van der Waals surface area contributed by atoms with Crippen LogP contribution in [0.5, 0.6) is 5.75 Å². The van der Waals surface area contributed by atoms with Gasteiger partial charge in [0, 0.05) is 54.1 Å². The Kier molecular flexibility index (Phi) is 8.29. The molecule has 2 aromatic carbocycles. The van der Waals surface area contributed by atoms with Crippen molar-refractivity contribution in [3.8, 4) is 5.75 Å². The number of unbranched alkanes of at least 4 members (excludes halogenated alkanes) is 1. The first-order valence-electron chi connectivity index (χ1n) is 13.4. The summed E-state index contributed by atoms with van der Waals surface area (Å²) in [7, 11) is 0. The van der Waals surface area contributed by atoms with Gasteiger partial charge >= 0.3 is 5.97 Å². The van der Waals surface area contributed by atoms with Crippen molar-refractivity contribution in [1.82, 2.24) is 9.47 Å². The molecule has 0 bridgehead atoms. The summed E-state index contributed by atoms with van der Waals surface area (Å²) in [6, 6.07) is 17.8. The lowest BCUT2D eigenvalue weighted by molar-refractivity contribution is -0.151. The number of aromatic nitrogens is 1. The van der Waals surface area contributed by atoms with Crippen LogP contribution in [0.3, 0.4) is 0 Å². The molecule has 0 aliphatic carbocycles. The number of pyridine rings is 1. The first-order chi connectivity index (χ1) is 18.5. The minimum Gasteiger partial charge on any atom is -0.494 e. The lowest BCUT2D eigenvalue weighted by atomic mass is 10.2. The fraction of sp³-hybridized carbons (Fsp3) is 0.400. The van der Waals surface area contributed by atoms with Crippen LogP contribution in [0.1, 0.15) is 26.7 Å². The Morgan fingerprint density at radius 3 is 2.63 bits per heavy atom. The second-order valence-electron chi connectivity index (χ2n) is 10.1. The zero-order valence-corrected chi connectivity index (χ0v) is 22.9. The number of anilines is 1. The van der Waals surface area contributed by atoms with Crippen molar-refractivity contribution in [1.29, 1.82) is 0 Å². The van der Waals surface area contributed by atoms with Crippen molar-refractivity contribution in [2.75, 3.05) is 44.2 Å². The molecule has 0 saturated carbocycles. The van der Waals surface area contributed by atoms with Crippen LogP contribution in [0.15, 0.2) is 64.8 Å². The first-order valence-corrected chi connectivity index (χ1v) is 14.2. The van der Waals surface area contributed by atoms with E-state index in [0.29, 0.717) is 17.9 Å². The molecule has 4 aromatic rings. The summed E-state index contributed by atoms with van der Waals surface area (Å²) in [6.07, 6.45) is 2.03. The van der Waals surface area contributed by atoms with E-state index in [-0.39, 0.29) is 24.2 Å². The molecular weight excluding hydrogens is 498 g/mol. The van der Waals surface area contributed by atoms with Gasteiger partial charge in [0.05, 0.1) is 18.0 Å². The van der Waals surface area contributed by atoms with Crippen molar-refractivity contribution in [2.24, 2.45) is 5.92 Å². The molecule has 0 atom stereocenters. The molecule has 1 aliphatic heterocycles. The van der Waals surface area contributed by atoms with E-state index < -0.39 is 0 Å². The maximum Gasteiger partial charge on any atom is 0.310 e. The van der Waals surface area contributed by atoms with Crippen LogP contribution in [0, 0.1) is 5.92 Å². The first kappa shape index (κ1) is 26.3. The lowest BCUT2D eigenvalue weighted by Crippen LogP contribution is -2.46. The van der Waals surface area contributed by atoms with Crippen molar-refractivity contribution < 1.29 is 14.3 Å². The number of piperazine rings is 1. The summed E-state index contributed by atoms with van der Waals surface area (Å²) in [5.41, 5.74) is 1.84. The van der Waals surface area contributed by atoms with E-state index >= 15 is 0 Å². The van der Waals surface area contributed by atoms with E-state index in [2.05, 4.69) is 39.4 Å². The van der Waals surface area contributed by atoms with E-state index in [1.807, 2.05) is 18.2 Å². The molecular formula is C30H35N3O4S. The van der Waals surface area contributed by atoms with Gasteiger partial charge in [0.1, 0.15) is 5.75 Å². The molecule has 8 heteroatoms. The number of benzene rings is 2. The Morgan fingerprint density at radius 1 is 1.00 bits per heavy atom. The van der Waals surface area contributed by atoms with E-state index in [4.69, 9.17) is 9.47 Å². The number of hydrogen-bond acceptors (Lipinski definition) is 7. The van der Waals surface area contributed by atoms with Crippen LogP contribution in [0.4, 0.5) is 5.69 Å². The summed E-state index contributed by atoms with van der Waals surface area (Å²) < 4.78 is 14.2. The fourth-order valence-electron chi connectivity index (χ4n) is 4.88. The highest BCUT2D eigenvalue weighted by Gasteiger charge is 2.18. The molecule has 0 unspecified atom stereocenters. The molecule has 3 heterocycles. The molecule has 1 aliphatic rings. The van der Waals surface area contributed by atoms with Gasteiger partial charge < -0.3 is 14.4 Å². The number of hydrogen-bond donors (Lipinski definition) is 0. The topological polar surface area (TPSA) is 64.0 Å². The van der Waals surface area contributed by atoms with Crippen LogP contribution in [-0.4, -0.2) is 54.8 Å². The SMILES string of the molecule is CC(C)C(=O)OCn1c(=O)ccc2ccc(OCCCCN3CCN(c4cccc5sccc45)CC3)cc21.